The molecule has 176 valence electrons. The number of rotatable bonds is 6. The number of carbonyl (C=O) groups is 1. The van der Waals surface area contributed by atoms with Crippen LogP contribution in [0.25, 0.3) is 11.3 Å². The lowest BCUT2D eigenvalue weighted by molar-refractivity contribution is 0.0706. The summed E-state index contributed by atoms with van der Waals surface area (Å²) in [4.78, 5) is 36.6. The Bertz CT molecular complexity index is 1290. The second-order valence-electron chi connectivity index (χ2n) is 8.13. The number of methoxy groups -OCH3 is 1. The predicted octanol–water partition coefficient (Wildman–Crippen LogP) is 4.15. The zero-order chi connectivity index (χ0) is 24.0. The Labute approximate surface area is 202 Å². The van der Waals surface area contributed by atoms with Crippen LogP contribution < -0.4 is 9.47 Å². The first-order valence-corrected chi connectivity index (χ1v) is 11.4. The second-order valence-corrected chi connectivity index (χ2v) is 8.13. The van der Waals surface area contributed by atoms with Crippen LogP contribution in [0.1, 0.15) is 34.9 Å². The Morgan fingerprint density at radius 1 is 0.943 bits per heavy atom. The maximum atomic E-state index is 13.2. The van der Waals surface area contributed by atoms with Crippen LogP contribution in [0, 0.1) is 0 Å². The predicted molar refractivity (Wildman–Crippen MR) is 128 cm³/mol. The molecule has 1 aromatic carbocycles. The fourth-order valence-corrected chi connectivity index (χ4v) is 4.11. The molecule has 0 unspecified atom stereocenters. The smallest absolute Gasteiger partial charge is 0.272 e. The van der Waals surface area contributed by atoms with Crippen molar-refractivity contribution in [1.29, 1.82) is 0 Å². The minimum absolute atomic E-state index is 0.0870. The molecule has 0 aliphatic carbocycles. The number of hydrogen-bond acceptors (Lipinski definition) is 8. The Kier molecular flexibility index (Phi) is 6.56. The van der Waals surface area contributed by atoms with Crippen LogP contribution in [0.3, 0.4) is 0 Å². The number of benzene rings is 1. The van der Waals surface area contributed by atoms with Crippen molar-refractivity contribution in [3.8, 4) is 28.6 Å². The summed E-state index contributed by atoms with van der Waals surface area (Å²) in [6, 6.07) is 12.8. The van der Waals surface area contributed by atoms with Gasteiger partial charge >= 0.3 is 0 Å². The molecule has 1 aliphatic heterocycles. The Hall–Kier alpha value is -4.40. The van der Waals surface area contributed by atoms with Crippen LogP contribution >= 0.6 is 0 Å². The van der Waals surface area contributed by atoms with Gasteiger partial charge in [-0.25, -0.2) is 19.9 Å². The molecule has 0 N–H and O–H groups in total. The molecule has 4 aromatic rings. The number of amides is 1. The minimum Gasteiger partial charge on any atom is -0.497 e. The fourth-order valence-electron chi connectivity index (χ4n) is 4.11. The maximum absolute atomic E-state index is 13.2. The van der Waals surface area contributed by atoms with Crippen molar-refractivity contribution < 1.29 is 14.3 Å². The summed E-state index contributed by atoms with van der Waals surface area (Å²) in [6.07, 6.45) is 9.65. The summed E-state index contributed by atoms with van der Waals surface area (Å²) in [5.74, 6) is 1.96. The van der Waals surface area contributed by atoms with Crippen molar-refractivity contribution in [2.24, 2.45) is 0 Å². The summed E-state index contributed by atoms with van der Waals surface area (Å²) in [5.41, 5.74) is 2.66. The number of nitrogens with zero attached hydrogens (tertiary/aromatic N) is 6. The zero-order valence-corrected chi connectivity index (χ0v) is 19.2. The minimum atomic E-state index is -0.0870. The normalized spacial score (nSPS) is 13.9. The number of ether oxygens (including phenoxy) is 2. The largest absolute Gasteiger partial charge is 0.497 e. The highest BCUT2D eigenvalue weighted by Gasteiger charge is 2.28. The summed E-state index contributed by atoms with van der Waals surface area (Å²) < 4.78 is 11.2. The van der Waals surface area contributed by atoms with Gasteiger partial charge in [0.25, 0.3) is 5.91 Å². The zero-order valence-electron chi connectivity index (χ0n) is 19.2. The van der Waals surface area contributed by atoms with Crippen molar-refractivity contribution in [2.75, 3.05) is 20.2 Å². The molecule has 5 rings (SSSR count). The third-order valence-corrected chi connectivity index (χ3v) is 5.96. The summed E-state index contributed by atoms with van der Waals surface area (Å²) in [5, 5.41) is 0. The van der Waals surface area contributed by atoms with E-state index in [1.54, 1.807) is 38.0 Å². The molecule has 0 atom stereocenters. The van der Waals surface area contributed by atoms with Gasteiger partial charge in [-0.1, -0.05) is 6.07 Å². The van der Waals surface area contributed by atoms with Crippen molar-refractivity contribution >= 4 is 5.91 Å². The van der Waals surface area contributed by atoms with Crippen LogP contribution in [0.2, 0.25) is 0 Å². The van der Waals surface area contributed by atoms with E-state index in [-0.39, 0.29) is 11.8 Å². The second kappa shape index (κ2) is 10.3. The van der Waals surface area contributed by atoms with Crippen molar-refractivity contribution in [3.05, 3.63) is 85.0 Å². The van der Waals surface area contributed by atoms with Gasteiger partial charge in [-0.3, -0.25) is 9.78 Å². The molecule has 0 radical (unpaired) electrons. The monoisotopic (exact) mass is 468 g/mol. The molecule has 35 heavy (non-hydrogen) atoms. The van der Waals surface area contributed by atoms with Crippen LogP contribution in [-0.2, 0) is 0 Å². The quantitative estimate of drug-likeness (QED) is 0.416. The van der Waals surface area contributed by atoms with Crippen LogP contribution in [-0.4, -0.2) is 55.9 Å². The molecule has 0 spiro atoms. The van der Waals surface area contributed by atoms with Gasteiger partial charge in [-0.2, -0.15) is 0 Å². The molecule has 1 aliphatic rings. The number of carbonyl (C=O) groups excluding carboxylic acids is 1. The SMILES string of the molecule is COc1ccc(Oc2nccnc2C2CCN(C(=O)c3cccc(-c4cncnc4)n3)CC2)cc1. The molecule has 0 bridgehead atoms. The number of pyridine rings is 1. The first kappa shape index (κ1) is 22.4. The topological polar surface area (TPSA) is 103 Å². The third-order valence-electron chi connectivity index (χ3n) is 5.96. The van der Waals surface area contributed by atoms with E-state index in [0.717, 1.165) is 29.8 Å². The van der Waals surface area contributed by atoms with Gasteiger partial charge in [0.2, 0.25) is 5.88 Å². The lowest BCUT2D eigenvalue weighted by Crippen LogP contribution is -2.38. The average Bonchev–Trinajstić information content (AvgIpc) is 2.94. The number of aromatic nitrogens is 5. The fraction of sp³-hybridized carbons (Fsp3) is 0.231. The Morgan fingerprint density at radius 3 is 2.40 bits per heavy atom. The molecule has 1 amide bonds. The van der Waals surface area contributed by atoms with E-state index >= 15 is 0 Å². The Balaban J connectivity index is 1.26. The third kappa shape index (κ3) is 5.08. The van der Waals surface area contributed by atoms with Gasteiger partial charge in [0, 0.05) is 49.4 Å². The molecule has 4 heterocycles. The molecule has 1 saturated heterocycles. The van der Waals surface area contributed by atoms with E-state index in [9.17, 15) is 4.79 Å². The summed E-state index contributed by atoms with van der Waals surface area (Å²) >= 11 is 0. The van der Waals surface area contributed by atoms with Crippen LogP contribution in [0.5, 0.6) is 17.4 Å². The van der Waals surface area contributed by atoms with E-state index in [1.165, 1.54) is 6.33 Å². The van der Waals surface area contributed by atoms with Gasteiger partial charge < -0.3 is 14.4 Å². The van der Waals surface area contributed by atoms with Gasteiger partial charge in [0.1, 0.15) is 29.2 Å². The highest BCUT2D eigenvalue weighted by Crippen LogP contribution is 2.34. The highest BCUT2D eigenvalue weighted by atomic mass is 16.5. The first-order chi connectivity index (χ1) is 17.2. The standard InChI is InChI=1S/C26H24N6O3/c1-34-20-5-7-21(8-6-20)35-25-24(29-11-12-30-25)18-9-13-32(14-10-18)26(33)23-4-2-3-22(31-23)19-15-27-17-28-16-19/h2-8,11-12,15-18H,9-10,13-14H2,1H3. The van der Waals surface area contributed by atoms with E-state index < -0.39 is 0 Å². The first-order valence-electron chi connectivity index (χ1n) is 11.4. The highest BCUT2D eigenvalue weighted by molar-refractivity contribution is 5.93. The molecular formula is C26H24N6O3. The van der Waals surface area contributed by atoms with Crippen LogP contribution in [0.4, 0.5) is 0 Å². The maximum Gasteiger partial charge on any atom is 0.272 e. The van der Waals surface area contributed by atoms with Gasteiger partial charge in [-0.05, 0) is 49.2 Å². The van der Waals surface area contributed by atoms with E-state index in [1.807, 2.05) is 41.3 Å². The number of hydrogen-bond donors (Lipinski definition) is 0. The van der Waals surface area contributed by atoms with E-state index in [2.05, 4.69) is 24.9 Å². The van der Waals surface area contributed by atoms with Crippen molar-refractivity contribution in [3.63, 3.8) is 0 Å². The molecule has 0 saturated carbocycles. The van der Waals surface area contributed by atoms with Gasteiger partial charge in [-0.15, -0.1) is 0 Å². The average molecular weight is 469 g/mol. The lowest BCUT2D eigenvalue weighted by Gasteiger charge is -2.31. The van der Waals surface area contributed by atoms with Gasteiger partial charge in [0.05, 0.1) is 12.8 Å². The molecule has 9 nitrogen and oxygen atoms in total. The number of likely N-dealkylation sites (tertiary alicyclic amines) is 1. The Morgan fingerprint density at radius 2 is 1.66 bits per heavy atom. The van der Waals surface area contributed by atoms with Gasteiger partial charge in [0.15, 0.2) is 0 Å². The molecule has 3 aromatic heterocycles. The van der Waals surface area contributed by atoms with Crippen molar-refractivity contribution in [2.45, 2.75) is 18.8 Å². The molecule has 9 heteroatoms. The molecule has 1 fully saturated rings. The lowest BCUT2D eigenvalue weighted by atomic mass is 9.93. The number of piperidine rings is 1. The summed E-state index contributed by atoms with van der Waals surface area (Å²) in [7, 11) is 1.62. The summed E-state index contributed by atoms with van der Waals surface area (Å²) in [6.45, 7) is 1.20. The van der Waals surface area contributed by atoms with E-state index in [4.69, 9.17) is 9.47 Å². The van der Waals surface area contributed by atoms with E-state index in [0.29, 0.717) is 36.1 Å². The van der Waals surface area contributed by atoms with Crippen LogP contribution in [0.15, 0.2) is 73.6 Å². The molecular weight excluding hydrogens is 444 g/mol. The van der Waals surface area contributed by atoms with Crippen molar-refractivity contribution in [1.82, 2.24) is 29.8 Å².